The van der Waals surface area contributed by atoms with Crippen LogP contribution in [0.25, 0.3) is 0 Å². The number of halogens is 1. The predicted octanol–water partition coefficient (Wildman–Crippen LogP) is 2.03. The van der Waals surface area contributed by atoms with Crippen molar-refractivity contribution in [1.29, 1.82) is 0 Å². The Hall–Kier alpha value is -1.59. The second-order valence-electron chi connectivity index (χ2n) is 3.97. The number of nitrogens with zero attached hydrogens (tertiary/aromatic N) is 3. The summed E-state index contributed by atoms with van der Waals surface area (Å²) in [6.45, 7) is 2.95. The average Bonchev–Trinajstić information content (AvgIpc) is 2.80. The summed E-state index contributed by atoms with van der Waals surface area (Å²) in [4.78, 5) is 0. The number of nitrogens with two attached hydrogens (primary N) is 1. The van der Waals surface area contributed by atoms with E-state index in [1.54, 1.807) is 10.7 Å². The van der Waals surface area contributed by atoms with Crippen LogP contribution in [0.5, 0.6) is 5.75 Å². The minimum atomic E-state index is -0.108. The second kappa shape index (κ2) is 5.84. The largest absolute Gasteiger partial charge is 0.490 e. The highest BCUT2D eigenvalue weighted by molar-refractivity contribution is 6.32. The number of benzene rings is 1. The maximum absolute atomic E-state index is 5.98. The summed E-state index contributed by atoms with van der Waals surface area (Å²) in [5.41, 5.74) is 6.47. The number of hydrogen-bond donors (Lipinski definition) is 1. The zero-order valence-corrected chi connectivity index (χ0v) is 10.8. The fraction of sp³-hybridized carbons (Fsp3) is 0.333. The molecule has 2 N–H and O–H groups in total. The van der Waals surface area contributed by atoms with Gasteiger partial charge < -0.3 is 10.5 Å². The monoisotopic (exact) mass is 266 g/mol. The van der Waals surface area contributed by atoms with Crippen LogP contribution in [-0.2, 0) is 6.54 Å². The van der Waals surface area contributed by atoms with Crippen LogP contribution in [0, 0.1) is 0 Å². The van der Waals surface area contributed by atoms with E-state index in [2.05, 4.69) is 10.3 Å². The van der Waals surface area contributed by atoms with Gasteiger partial charge in [-0.25, -0.2) is 4.68 Å². The fourth-order valence-corrected chi connectivity index (χ4v) is 1.63. The van der Waals surface area contributed by atoms with Gasteiger partial charge in [-0.15, -0.1) is 5.10 Å². The van der Waals surface area contributed by atoms with Gasteiger partial charge in [-0.05, 0) is 19.1 Å². The molecule has 1 atom stereocenters. The van der Waals surface area contributed by atoms with Gasteiger partial charge in [0.2, 0.25) is 0 Å². The number of para-hydroxylation sites is 1. The molecule has 0 amide bonds. The van der Waals surface area contributed by atoms with Crippen molar-refractivity contribution < 1.29 is 4.74 Å². The van der Waals surface area contributed by atoms with E-state index >= 15 is 0 Å². The summed E-state index contributed by atoms with van der Waals surface area (Å²) in [7, 11) is 0. The maximum Gasteiger partial charge on any atom is 0.137 e. The molecule has 96 valence electrons. The van der Waals surface area contributed by atoms with E-state index in [1.165, 1.54) is 0 Å². The molecule has 18 heavy (non-hydrogen) atoms. The van der Waals surface area contributed by atoms with Crippen LogP contribution in [0.15, 0.2) is 30.5 Å². The Bertz CT molecular complexity index is 512. The minimum Gasteiger partial charge on any atom is -0.490 e. The van der Waals surface area contributed by atoms with Gasteiger partial charge in [-0.3, -0.25) is 0 Å². The molecule has 0 saturated carbocycles. The molecule has 1 aromatic heterocycles. The quantitative estimate of drug-likeness (QED) is 0.899. The number of hydrogen-bond acceptors (Lipinski definition) is 4. The highest BCUT2D eigenvalue weighted by atomic mass is 35.5. The molecule has 0 spiro atoms. The normalized spacial score (nSPS) is 12.4. The van der Waals surface area contributed by atoms with E-state index in [1.807, 2.05) is 31.3 Å². The summed E-state index contributed by atoms with van der Waals surface area (Å²) < 4.78 is 7.26. The van der Waals surface area contributed by atoms with Crippen LogP contribution in [0.1, 0.15) is 18.7 Å². The van der Waals surface area contributed by atoms with E-state index < -0.39 is 0 Å². The van der Waals surface area contributed by atoms with E-state index in [9.17, 15) is 0 Å². The first-order valence-electron chi connectivity index (χ1n) is 5.70. The molecular weight excluding hydrogens is 252 g/mol. The predicted molar refractivity (Wildman–Crippen MR) is 69.6 cm³/mol. The summed E-state index contributed by atoms with van der Waals surface area (Å²) in [6.07, 6.45) is 1.82. The number of aromatic nitrogens is 3. The first kappa shape index (κ1) is 12.9. The van der Waals surface area contributed by atoms with Crippen molar-refractivity contribution in [2.45, 2.75) is 19.5 Å². The standard InChI is InChI=1S/C12H15ClN4O/c1-9(14)11-8-17(16-15-11)6-7-18-12-5-3-2-4-10(12)13/h2-5,8-9H,6-7,14H2,1H3. The Balaban J connectivity index is 1.87. The molecule has 0 saturated heterocycles. The zero-order valence-electron chi connectivity index (χ0n) is 10.1. The maximum atomic E-state index is 5.98. The molecule has 0 radical (unpaired) electrons. The second-order valence-corrected chi connectivity index (χ2v) is 4.38. The lowest BCUT2D eigenvalue weighted by Crippen LogP contribution is -2.09. The first-order chi connectivity index (χ1) is 8.66. The van der Waals surface area contributed by atoms with Crippen molar-refractivity contribution >= 4 is 11.6 Å². The molecule has 0 bridgehead atoms. The van der Waals surface area contributed by atoms with Crippen molar-refractivity contribution in [3.8, 4) is 5.75 Å². The third-order valence-electron chi connectivity index (χ3n) is 2.44. The first-order valence-corrected chi connectivity index (χ1v) is 6.07. The minimum absolute atomic E-state index is 0.108. The van der Waals surface area contributed by atoms with Crippen LogP contribution in [-0.4, -0.2) is 21.6 Å². The molecule has 0 aliphatic rings. The Labute approximate surface area is 111 Å². The molecule has 1 aromatic carbocycles. The third-order valence-corrected chi connectivity index (χ3v) is 2.75. The molecule has 0 aliphatic carbocycles. The third kappa shape index (κ3) is 3.21. The molecule has 5 nitrogen and oxygen atoms in total. The highest BCUT2D eigenvalue weighted by Crippen LogP contribution is 2.22. The zero-order chi connectivity index (χ0) is 13.0. The molecule has 1 heterocycles. The molecule has 0 aliphatic heterocycles. The molecule has 1 unspecified atom stereocenters. The number of ether oxygens (including phenoxy) is 1. The van der Waals surface area contributed by atoms with E-state index in [0.29, 0.717) is 23.9 Å². The molecule has 6 heteroatoms. The van der Waals surface area contributed by atoms with Gasteiger partial charge in [0.05, 0.1) is 23.5 Å². The number of rotatable bonds is 5. The van der Waals surface area contributed by atoms with Gasteiger partial charge in [-0.2, -0.15) is 0 Å². The van der Waals surface area contributed by atoms with Crippen LogP contribution < -0.4 is 10.5 Å². The smallest absolute Gasteiger partial charge is 0.137 e. The van der Waals surface area contributed by atoms with E-state index in [-0.39, 0.29) is 6.04 Å². The van der Waals surface area contributed by atoms with Gasteiger partial charge in [0, 0.05) is 6.04 Å². The van der Waals surface area contributed by atoms with Crippen LogP contribution in [0.2, 0.25) is 5.02 Å². The lowest BCUT2D eigenvalue weighted by Gasteiger charge is -2.07. The Morgan fingerprint density at radius 3 is 2.89 bits per heavy atom. The van der Waals surface area contributed by atoms with E-state index in [0.717, 1.165) is 5.69 Å². The Morgan fingerprint density at radius 2 is 2.22 bits per heavy atom. The van der Waals surface area contributed by atoms with Crippen molar-refractivity contribution in [1.82, 2.24) is 15.0 Å². The van der Waals surface area contributed by atoms with Crippen LogP contribution >= 0.6 is 11.6 Å². The summed E-state index contributed by atoms with van der Waals surface area (Å²) in [5, 5.41) is 8.53. The van der Waals surface area contributed by atoms with Crippen LogP contribution in [0.3, 0.4) is 0 Å². The molecule has 2 rings (SSSR count). The van der Waals surface area contributed by atoms with Crippen molar-refractivity contribution in [3.05, 3.63) is 41.2 Å². The average molecular weight is 267 g/mol. The van der Waals surface area contributed by atoms with Gasteiger partial charge in [0.25, 0.3) is 0 Å². The van der Waals surface area contributed by atoms with Gasteiger partial charge in [0.1, 0.15) is 12.4 Å². The SMILES string of the molecule is CC(N)c1cn(CCOc2ccccc2Cl)nn1. The lowest BCUT2D eigenvalue weighted by atomic mass is 10.3. The Morgan fingerprint density at radius 1 is 1.44 bits per heavy atom. The topological polar surface area (TPSA) is 66.0 Å². The summed E-state index contributed by atoms with van der Waals surface area (Å²) >= 11 is 5.98. The van der Waals surface area contributed by atoms with Gasteiger partial charge in [0.15, 0.2) is 0 Å². The van der Waals surface area contributed by atoms with Crippen molar-refractivity contribution in [2.75, 3.05) is 6.61 Å². The highest BCUT2D eigenvalue weighted by Gasteiger charge is 2.05. The fourth-order valence-electron chi connectivity index (χ4n) is 1.44. The Kier molecular flexibility index (Phi) is 4.17. The summed E-state index contributed by atoms with van der Waals surface area (Å²) in [5.74, 6) is 0.673. The molecular formula is C12H15ClN4O. The van der Waals surface area contributed by atoms with Gasteiger partial charge >= 0.3 is 0 Å². The molecule has 0 fully saturated rings. The van der Waals surface area contributed by atoms with Gasteiger partial charge in [-0.1, -0.05) is 28.9 Å². The van der Waals surface area contributed by atoms with Crippen LogP contribution in [0.4, 0.5) is 0 Å². The molecule has 2 aromatic rings. The van der Waals surface area contributed by atoms with Crippen molar-refractivity contribution in [3.63, 3.8) is 0 Å². The van der Waals surface area contributed by atoms with Crippen molar-refractivity contribution in [2.24, 2.45) is 5.73 Å². The lowest BCUT2D eigenvalue weighted by molar-refractivity contribution is 0.290. The van der Waals surface area contributed by atoms with E-state index in [4.69, 9.17) is 22.1 Å². The summed E-state index contributed by atoms with van der Waals surface area (Å²) in [6, 6.07) is 7.26.